The van der Waals surface area contributed by atoms with Gasteiger partial charge < -0.3 is 10.4 Å². The topological polar surface area (TPSA) is 62.2 Å². The molecular weight excluding hydrogens is 236 g/mol. The van der Waals surface area contributed by atoms with E-state index in [-0.39, 0.29) is 11.8 Å². The molecule has 0 aliphatic rings. The molecule has 1 atom stereocenters. The number of amides is 1. The van der Waals surface area contributed by atoms with Crippen molar-refractivity contribution in [2.45, 2.75) is 39.7 Å². The highest BCUT2D eigenvalue weighted by Crippen LogP contribution is 2.13. The van der Waals surface area contributed by atoms with Crippen molar-refractivity contribution in [1.82, 2.24) is 9.69 Å². The molecule has 1 rings (SSSR count). The number of aromatic nitrogens is 1. The summed E-state index contributed by atoms with van der Waals surface area (Å²) in [6.45, 7) is 6.21. The molecule has 0 saturated heterocycles. The molecule has 0 spiro atoms. The van der Waals surface area contributed by atoms with Crippen LogP contribution in [0.2, 0.25) is 0 Å². The van der Waals surface area contributed by atoms with Gasteiger partial charge in [0.25, 0.3) is 5.91 Å². The first-order valence-corrected chi connectivity index (χ1v) is 6.81. The normalized spacial score (nSPS) is 12.8. The van der Waals surface area contributed by atoms with Crippen molar-refractivity contribution in [3.8, 4) is 0 Å². The first-order valence-electron chi connectivity index (χ1n) is 5.97. The summed E-state index contributed by atoms with van der Waals surface area (Å²) in [6, 6.07) is 0. The zero-order valence-electron chi connectivity index (χ0n) is 10.6. The molecule has 0 aliphatic carbocycles. The summed E-state index contributed by atoms with van der Waals surface area (Å²) in [5.74, 6) is 0.0956. The fraction of sp³-hybridized carbons (Fsp3) is 0.667. The largest absolute Gasteiger partial charge is 0.391 e. The summed E-state index contributed by atoms with van der Waals surface area (Å²) in [5.41, 5.74) is 1.34. The predicted molar refractivity (Wildman–Crippen MR) is 69.3 cm³/mol. The molecule has 5 heteroatoms. The molecule has 0 saturated carbocycles. The second-order valence-corrected chi connectivity index (χ2v) is 4.80. The first-order chi connectivity index (χ1) is 8.10. The maximum atomic E-state index is 11.8. The molecule has 2 N–H and O–H groups in total. The minimum absolute atomic E-state index is 0.152. The number of carbonyl (C=O) groups excluding carboxylic acids is 1. The lowest BCUT2D eigenvalue weighted by molar-refractivity contribution is 0.0816. The molecule has 0 aliphatic heterocycles. The zero-order valence-corrected chi connectivity index (χ0v) is 11.4. The number of aryl methyl sites for hydroxylation is 1. The van der Waals surface area contributed by atoms with Crippen LogP contribution in [0.25, 0.3) is 0 Å². The fourth-order valence-electron chi connectivity index (χ4n) is 1.80. The summed E-state index contributed by atoms with van der Waals surface area (Å²) in [5, 5.41) is 14.4. The van der Waals surface area contributed by atoms with Crippen molar-refractivity contribution in [2.24, 2.45) is 5.92 Å². The number of aliphatic hydroxyl groups is 1. The molecule has 0 aromatic carbocycles. The van der Waals surface area contributed by atoms with Crippen LogP contribution in [0.1, 0.15) is 42.7 Å². The Morgan fingerprint density at radius 2 is 2.18 bits per heavy atom. The Bertz CT molecular complexity index is 361. The predicted octanol–water partition coefficient (Wildman–Crippen LogP) is 1.98. The molecule has 0 radical (unpaired) electrons. The van der Waals surface area contributed by atoms with Crippen molar-refractivity contribution in [1.29, 1.82) is 0 Å². The summed E-state index contributed by atoms with van der Waals surface area (Å²) < 4.78 is 4.05. The SMILES string of the molecule is CCC(CC)C(O)CNC(=O)c1csnc1C. The minimum atomic E-state index is -0.471. The zero-order chi connectivity index (χ0) is 12.8. The molecule has 1 unspecified atom stereocenters. The van der Waals surface area contributed by atoms with Gasteiger partial charge in [0.05, 0.1) is 17.4 Å². The molecule has 4 nitrogen and oxygen atoms in total. The van der Waals surface area contributed by atoms with Crippen molar-refractivity contribution in [2.75, 3.05) is 6.54 Å². The van der Waals surface area contributed by atoms with Crippen molar-refractivity contribution in [3.63, 3.8) is 0 Å². The Labute approximate surface area is 106 Å². The van der Waals surface area contributed by atoms with Gasteiger partial charge in [0.1, 0.15) is 0 Å². The lowest BCUT2D eigenvalue weighted by atomic mass is 9.96. The number of aliphatic hydroxyl groups excluding tert-OH is 1. The number of hydrogen-bond donors (Lipinski definition) is 2. The van der Waals surface area contributed by atoms with Crippen LogP contribution in [0.3, 0.4) is 0 Å². The fourth-order valence-corrected chi connectivity index (χ4v) is 2.49. The van der Waals surface area contributed by atoms with Gasteiger partial charge in [-0.25, -0.2) is 0 Å². The number of hydrogen-bond acceptors (Lipinski definition) is 4. The van der Waals surface area contributed by atoms with Crippen LogP contribution in [-0.2, 0) is 0 Å². The summed E-state index contributed by atoms with van der Waals surface area (Å²) >= 11 is 1.27. The Balaban J connectivity index is 2.46. The Morgan fingerprint density at radius 3 is 2.65 bits per heavy atom. The van der Waals surface area contributed by atoms with Crippen molar-refractivity contribution in [3.05, 3.63) is 16.6 Å². The van der Waals surface area contributed by atoms with Gasteiger partial charge in [-0.2, -0.15) is 4.37 Å². The van der Waals surface area contributed by atoms with Gasteiger partial charge in [-0.3, -0.25) is 4.79 Å². The van der Waals surface area contributed by atoms with Gasteiger partial charge in [-0.1, -0.05) is 26.7 Å². The highest BCUT2D eigenvalue weighted by Gasteiger charge is 2.17. The third kappa shape index (κ3) is 3.78. The van der Waals surface area contributed by atoms with E-state index >= 15 is 0 Å². The van der Waals surface area contributed by atoms with Gasteiger partial charge in [0.15, 0.2) is 0 Å². The second kappa shape index (κ2) is 6.71. The lowest BCUT2D eigenvalue weighted by Gasteiger charge is -2.20. The molecule has 1 aromatic heterocycles. The van der Waals surface area contributed by atoms with Gasteiger partial charge in [0, 0.05) is 11.9 Å². The molecule has 1 heterocycles. The second-order valence-electron chi connectivity index (χ2n) is 4.17. The molecule has 96 valence electrons. The average Bonchev–Trinajstić information content (AvgIpc) is 2.74. The quantitative estimate of drug-likeness (QED) is 0.818. The first kappa shape index (κ1) is 14.1. The van der Waals surface area contributed by atoms with E-state index in [1.807, 2.05) is 20.8 Å². The number of carbonyl (C=O) groups is 1. The van der Waals surface area contributed by atoms with E-state index < -0.39 is 6.10 Å². The van der Waals surface area contributed by atoms with E-state index in [2.05, 4.69) is 9.69 Å². The third-order valence-electron chi connectivity index (χ3n) is 3.06. The molecule has 0 fully saturated rings. The van der Waals surface area contributed by atoms with Crippen molar-refractivity contribution >= 4 is 17.4 Å². The highest BCUT2D eigenvalue weighted by atomic mass is 32.1. The molecule has 1 aromatic rings. The van der Waals surface area contributed by atoms with Crippen molar-refractivity contribution < 1.29 is 9.90 Å². The summed E-state index contributed by atoms with van der Waals surface area (Å²) in [4.78, 5) is 11.8. The van der Waals surface area contributed by atoms with E-state index in [1.165, 1.54) is 11.5 Å². The average molecular weight is 256 g/mol. The molecular formula is C12H20N2O2S. The van der Waals surface area contributed by atoms with Crippen LogP contribution >= 0.6 is 11.5 Å². The monoisotopic (exact) mass is 256 g/mol. The van der Waals surface area contributed by atoms with Gasteiger partial charge in [-0.15, -0.1) is 0 Å². The van der Waals surface area contributed by atoms with Crippen LogP contribution in [0, 0.1) is 12.8 Å². The van der Waals surface area contributed by atoms with Crippen LogP contribution < -0.4 is 5.32 Å². The number of nitrogens with one attached hydrogen (secondary N) is 1. The molecule has 1 amide bonds. The van der Waals surface area contributed by atoms with E-state index in [1.54, 1.807) is 5.38 Å². The van der Waals surface area contributed by atoms with Gasteiger partial charge in [-0.05, 0) is 24.4 Å². The molecule has 17 heavy (non-hydrogen) atoms. The number of rotatable bonds is 6. The highest BCUT2D eigenvalue weighted by molar-refractivity contribution is 7.03. The smallest absolute Gasteiger partial charge is 0.254 e. The Kier molecular flexibility index (Phi) is 5.58. The Morgan fingerprint density at radius 1 is 1.53 bits per heavy atom. The van der Waals surface area contributed by atoms with E-state index in [9.17, 15) is 9.90 Å². The minimum Gasteiger partial charge on any atom is -0.391 e. The maximum absolute atomic E-state index is 11.8. The van der Waals surface area contributed by atoms with Crippen LogP contribution in [-0.4, -0.2) is 28.0 Å². The summed E-state index contributed by atoms with van der Waals surface area (Å²) in [7, 11) is 0. The standard InChI is InChI=1S/C12H20N2O2S/c1-4-9(5-2)11(15)6-13-12(16)10-7-17-14-8(10)3/h7,9,11,15H,4-6H2,1-3H3,(H,13,16). The van der Waals surface area contributed by atoms with E-state index in [0.717, 1.165) is 18.5 Å². The number of nitrogens with zero attached hydrogens (tertiary/aromatic N) is 1. The van der Waals surface area contributed by atoms with Crippen LogP contribution in [0.15, 0.2) is 5.38 Å². The van der Waals surface area contributed by atoms with Gasteiger partial charge in [0.2, 0.25) is 0 Å². The molecule has 0 bridgehead atoms. The lowest BCUT2D eigenvalue weighted by Crippen LogP contribution is -2.36. The van der Waals surface area contributed by atoms with Gasteiger partial charge >= 0.3 is 0 Å². The van der Waals surface area contributed by atoms with E-state index in [4.69, 9.17) is 0 Å². The Hall–Kier alpha value is -0.940. The maximum Gasteiger partial charge on any atom is 0.254 e. The third-order valence-corrected chi connectivity index (χ3v) is 3.78. The van der Waals surface area contributed by atoms with Crippen LogP contribution in [0.5, 0.6) is 0 Å². The van der Waals surface area contributed by atoms with E-state index in [0.29, 0.717) is 12.1 Å². The summed E-state index contributed by atoms with van der Waals surface area (Å²) in [6.07, 6.45) is 1.37. The van der Waals surface area contributed by atoms with Crippen LogP contribution in [0.4, 0.5) is 0 Å².